The van der Waals surface area contributed by atoms with Gasteiger partial charge in [0.25, 0.3) is 0 Å². The van der Waals surface area contributed by atoms with Crippen LogP contribution in [0.1, 0.15) is 5.56 Å². The lowest BCUT2D eigenvalue weighted by Gasteiger charge is -2.11. The number of halogens is 1. The van der Waals surface area contributed by atoms with Crippen LogP contribution < -0.4 is 10.6 Å². The van der Waals surface area contributed by atoms with E-state index in [4.69, 9.17) is 0 Å². The molecule has 0 radical (unpaired) electrons. The largest absolute Gasteiger partial charge is 0.334 e. The molecule has 3 rings (SSSR count). The van der Waals surface area contributed by atoms with E-state index in [0.29, 0.717) is 6.54 Å². The van der Waals surface area contributed by atoms with Crippen molar-refractivity contribution in [2.75, 3.05) is 5.32 Å². The van der Waals surface area contributed by atoms with Crippen molar-refractivity contribution < 1.29 is 4.79 Å². The molecule has 4 heteroatoms. The average molecular weight is 355 g/mol. The summed E-state index contributed by atoms with van der Waals surface area (Å²) in [6.07, 6.45) is 0. The van der Waals surface area contributed by atoms with Crippen molar-refractivity contribution >= 4 is 38.4 Å². The van der Waals surface area contributed by atoms with Crippen LogP contribution in [0, 0.1) is 0 Å². The van der Waals surface area contributed by atoms with Gasteiger partial charge in [-0.15, -0.1) is 0 Å². The third-order valence-electron chi connectivity index (χ3n) is 3.41. The fourth-order valence-electron chi connectivity index (χ4n) is 2.27. The molecule has 3 aromatic carbocycles. The molecule has 0 saturated carbocycles. The third kappa shape index (κ3) is 3.28. The number of hydrogen-bond donors (Lipinski definition) is 2. The molecule has 110 valence electrons. The maximum atomic E-state index is 12.0. The average Bonchev–Trinajstić information content (AvgIpc) is 2.57. The minimum atomic E-state index is -0.222. The Morgan fingerprint density at radius 2 is 1.64 bits per heavy atom. The predicted molar refractivity (Wildman–Crippen MR) is 93.9 cm³/mol. The van der Waals surface area contributed by atoms with Crippen LogP contribution in [0.2, 0.25) is 0 Å². The number of carbonyl (C=O) groups is 1. The molecule has 3 nitrogen and oxygen atoms in total. The number of carbonyl (C=O) groups excluding carboxylic acids is 1. The van der Waals surface area contributed by atoms with Gasteiger partial charge in [-0.05, 0) is 38.3 Å². The second kappa shape index (κ2) is 6.62. The standard InChI is InChI=1S/C18H15BrN2O/c19-17-15-9-5-4-8-14(15)10-11-16(17)21-18(22)20-12-13-6-2-1-3-7-13/h1-11H,12H2,(H2,20,21,22). The molecule has 2 amide bonds. The Morgan fingerprint density at radius 3 is 2.45 bits per heavy atom. The minimum Gasteiger partial charge on any atom is -0.334 e. The van der Waals surface area contributed by atoms with Gasteiger partial charge in [0.05, 0.1) is 5.69 Å². The van der Waals surface area contributed by atoms with E-state index in [9.17, 15) is 4.79 Å². The molecule has 0 aliphatic rings. The van der Waals surface area contributed by atoms with Crippen LogP contribution in [0.5, 0.6) is 0 Å². The Labute approximate surface area is 137 Å². The van der Waals surface area contributed by atoms with E-state index in [1.165, 1.54) is 0 Å². The van der Waals surface area contributed by atoms with Gasteiger partial charge in [0.1, 0.15) is 0 Å². The lowest BCUT2D eigenvalue weighted by Crippen LogP contribution is -2.28. The van der Waals surface area contributed by atoms with E-state index in [2.05, 4.69) is 26.6 Å². The maximum Gasteiger partial charge on any atom is 0.319 e. The number of nitrogens with one attached hydrogen (secondary N) is 2. The van der Waals surface area contributed by atoms with Gasteiger partial charge in [-0.2, -0.15) is 0 Å². The summed E-state index contributed by atoms with van der Waals surface area (Å²) in [7, 11) is 0. The van der Waals surface area contributed by atoms with Crippen LogP contribution in [0.3, 0.4) is 0 Å². The summed E-state index contributed by atoms with van der Waals surface area (Å²) in [6, 6.07) is 21.5. The van der Waals surface area contributed by atoms with Crippen LogP contribution in [0.4, 0.5) is 10.5 Å². The SMILES string of the molecule is O=C(NCc1ccccc1)Nc1ccc2ccccc2c1Br. The number of amides is 2. The molecule has 0 bridgehead atoms. The van der Waals surface area contributed by atoms with Gasteiger partial charge in [0.15, 0.2) is 0 Å². The van der Waals surface area contributed by atoms with E-state index in [-0.39, 0.29) is 6.03 Å². The van der Waals surface area contributed by atoms with Gasteiger partial charge >= 0.3 is 6.03 Å². The number of benzene rings is 3. The van der Waals surface area contributed by atoms with Crippen LogP contribution in [-0.2, 0) is 6.54 Å². The Bertz CT molecular complexity index is 803. The van der Waals surface area contributed by atoms with Crippen LogP contribution in [-0.4, -0.2) is 6.03 Å². The summed E-state index contributed by atoms with van der Waals surface area (Å²) < 4.78 is 0.889. The summed E-state index contributed by atoms with van der Waals surface area (Å²) in [5.41, 5.74) is 1.82. The molecule has 0 heterocycles. The Hall–Kier alpha value is -2.33. The number of fused-ring (bicyclic) bond motifs is 1. The molecule has 0 atom stereocenters. The molecule has 0 fully saturated rings. The van der Waals surface area contributed by atoms with Gasteiger partial charge in [-0.1, -0.05) is 60.7 Å². The normalized spacial score (nSPS) is 10.4. The molecule has 2 N–H and O–H groups in total. The van der Waals surface area contributed by atoms with Crippen molar-refractivity contribution in [3.63, 3.8) is 0 Å². The Balaban J connectivity index is 1.70. The smallest absolute Gasteiger partial charge is 0.319 e. The monoisotopic (exact) mass is 354 g/mol. The van der Waals surface area contributed by atoms with Crippen molar-refractivity contribution in [3.05, 3.63) is 76.8 Å². The zero-order valence-corrected chi connectivity index (χ0v) is 13.4. The Morgan fingerprint density at radius 1 is 0.909 bits per heavy atom. The molecular formula is C18H15BrN2O. The maximum absolute atomic E-state index is 12.0. The molecule has 3 aromatic rings. The summed E-state index contributed by atoms with van der Waals surface area (Å²) in [5.74, 6) is 0. The molecular weight excluding hydrogens is 340 g/mol. The number of anilines is 1. The van der Waals surface area contributed by atoms with Crippen molar-refractivity contribution in [3.8, 4) is 0 Å². The van der Waals surface area contributed by atoms with E-state index < -0.39 is 0 Å². The topological polar surface area (TPSA) is 41.1 Å². The Kier molecular flexibility index (Phi) is 4.39. The van der Waals surface area contributed by atoms with Crippen molar-refractivity contribution in [1.29, 1.82) is 0 Å². The third-order valence-corrected chi connectivity index (χ3v) is 4.26. The lowest BCUT2D eigenvalue weighted by atomic mass is 10.1. The van der Waals surface area contributed by atoms with Crippen molar-refractivity contribution in [2.24, 2.45) is 0 Å². The van der Waals surface area contributed by atoms with Crippen molar-refractivity contribution in [2.45, 2.75) is 6.54 Å². The summed E-state index contributed by atoms with van der Waals surface area (Å²) in [5, 5.41) is 7.93. The van der Waals surface area contributed by atoms with E-state index in [0.717, 1.165) is 26.5 Å². The lowest BCUT2D eigenvalue weighted by molar-refractivity contribution is 0.251. The predicted octanol–water partition coefficient (Wildman–Crippen LogP) is 4.92. The molecule has 0 aliphatic heterocycles. The number of rotatable bonds is 3. The first-order valence-electron chi connectivity index (χ1n) is 7.00. The van der Waals surface area contributed by atoms with Gasteiger partial charge in [-0.3, -0.25) is 0 Å². The first-order valence-corrected chi connectivity index (χ1v) is 7.79. The second-order valence-corrected chi connectivity index (χ2v) is 5.73. The zero-order chi connectivity index (χ0) is 15.4. The first kappa shape index (κ1) is 14.6. The van der Waals surface area contributed by atoms with E-state index in [1.54, 1.807) is 0 Å². The van der Waals surface area contributed by atoms with Gasteiger partial charge in [-0.25, -0.2) is 4.79 Å². The molecule has 0 aliphatic carbocycles. The second-order valence-electron chi connectivity index (χ2n) is 4.94. The summed E-state index contributed by atoms with van der Waals surface area (Å²) in [6.45, 7) is 0.498. The molecule has 0 spiro atoms. The quantitative estimate of drug-likeness (QED) is 0.688. The highest BCUT2D eigenvalue weighted by molar-refractivity contribution is 9.10. The van der Waals surface area contributed by atoms with Gasteiger partial charge in [0.2, 0.25) is 0 Å². The van der Waals surface area contributed by atoms with E-state index >= 15 is 0 Å². The highest BCUT2D eigenvalue weighted by Gasteiger charge is 2.08. The fourth-order valence-corrected chi connectivity index (χ4v) is 2.87. The summed E-state index contributed by atoms with van der Waals surface area (Å²) >= 11 is 3.56. The fraction of sp³-hybridized carbons (Fsp3) is 0.0556. The van der Waals surface area contributed by atoms with Crippen LogP contribution in [0.25, 0.3) is 10.8 Å². The van der Waals surface area contributed by atoms with Gasteiger partial charge < -0.3 is 10.6 Å². The molecule has 22 heavy (non-hydrogen) atoms. The van der Waals surface area contributed by atoms with Crippen LogP contribution >= 0.6 is 15.9 Å². The molecule has 0 aromatic heterocycles. The molecule has 0 saturated heterocycles. The van der Waals surface area contributed by atoms with E-state index in [1.807, 2.05) is 66.7 Å². The highest BCUT2D eigenvalue weighted by atomic mass is 79.9. The van der Waals surface area contributed by atoms with Crippen molar-refractivity contribution in [1.82, 2.24) is 5.32 Å². The van der Waals surface area contributed by atoms with Crippen LogP contribution in [0.15, 0.2) is 71.2 Å². The number of urea groups is 1. The van der Waals surface area contributed by atoms with Gasteiger partial charge in [0, 0.05) is 11.0 Å². The zero-order valence-electron chi connectivity index (χ0n) is 11.8. The number of hydrogen-bond acceptors (Lipinski definition) is 1. The first-order chi connectivity index (χ1) is 10.7. The highest BCUT2D eigenvalue weighted by Crippen LogP contribution is 2.31. The minimum absolute atomic E-state index is 0.222. The summed E-state index contributed by atoms with van der Waals surface area (Å²) in [4.78, 5) is 12.0. The molecule has 0 unspecified atom stereocenters.